The van der Waals surface area contributed by atoms with Crippen LogP contribution in [0.1, 0.15) is 46.6 Å². The molecule has 0 heterocycles. The average molecular weight is 436 g/mol. The molecule has 0 aromatic heterocycles. The second-order valence-electron chi connectivity index (χ2n) is 9.02. The molecule has 2 rings (SSSR count). The maximum atomic E-state index is 12.2. The molecule has 30 heavy (non-hydrogen) atoms. The van der Waals surface area contributed by atoms with Gasteiger partial charge in [0.05, 0.1) is 4.92 Å². The first-order valence-electron chi connectivity index (χ1n) is 9.67. The molecule has 0 atom stereocenters. The third kappa shape index (κ3) is 6.81. The van der Waals surface area contributed by atoms with Crippen LogP contribution in [0.25, 0.3) is 0 Å². The van der Waals surface area contributed by atoms with Crippen LogP contribution < -0.4 is 4.74 Å². The summed E-state index contributed by atoms with van der Waals surface area (Å²) in [6.45, 7) is 10.9. The molecule has 0 aliphatic carbocycles. The van der Waals surface area contributed by atoms with E-state index in [1.807, 2.05) is 24.3 Å². The molecule has 0 amide bonds. The predicted molar refractivity (Wildman–Crippen MR) is 115 cm³/mol. The summed E-state index contributed by atoms with van der Waals surface area (Å²) in [5.74, 6) is 0.613. The molecule has 0 bridgehead atoms. The smallest absolute Gasteiger partial charge is 0.297 e. The van der Waals surface area contributed by atoms with Crippen molar-refractivity contribution in [2.45, 2.75) is 51.3 Å². The van der Waals surface area contributed by atoms with Crippen molar-refractivity contribution < 1.29 is 22.3 Å². The molecule has 164 valence electrons. The fraction of sp³-hybridized carbons (Fsp3) is 0.455. The summed E-state index contributed by atoms with van der Waals surface area (Å²) in [6.07, 6.45) is 1.03. The Hall–Kier alpha value is -2.45. The Kier molecular flexibility index (Phi) is 7.26. The molecule has 2 aromatic carbocycles. The second kappa shape index (κ2) is 9.14. The van der Waals surface area contributed by atoms with Gasteiger partial charge in [-0.1, -0.05) is 52.8 Å². The van der Waals surface area contributed by atoms with E-state index in [9.17, 15) is 18.5 Å². The third-order valence-corrected chi connectivity index (χ3v) is 5.82. The molecular formula is C22H29NO6S. The number of non-ortho nitro benzene ring substituents is 1. The van der Waals surface area contributed by atoms with E-state index in [-0.39, 0.29) is 34.6 Å². The summed E-state index contributed by atoms with van der Waals surface area (Å²) >= 11 is 0. The highest BCUT2D eigenvalue weighted by Crippen LogP contribution is 2.36. The number of benzene rings is 2. The summed E-state index contributed by atoms with van der Waals surface area (Å²) < 4.78 is 34.9. The van der Waals surface area contributed by atoms with E-state index in [0.717, 1.165) is 12.5 Å². The van der Waals surface area contributed by atoms with E-state index in [4.69, 9.17) is 8.92 Å². The molecule has 0 N–H and O–H groups in total. The SMILES string of the molecule is CC(C)(C)CC(C)(C)c1ccc(OCCOS(=O)(=O)c2cccc([N+](=O)[O-])c2)cc1. The van der Waals surface area contributed by atoms with Gasteiger partial charge in [0.2, 0.25) is 0 Å². The lowest BCUT2D eigenvalue weighted by molar-refractivity contribution is -0.385. The highest BCUT2D eigenvalue weighted by atomic mass is 32.2. The molecule has 0 fully saturated rings. The summed E-state index contributed by atoms with van der Waals surface area (Å²) in [5.41, 5.74) is 1.12. The highest BCUT2D eigenvalue weighted by Gasteiger charge is 2.27. The molecule has 0 radical (unpaired) electrons. The van der Waals surface area contributed by atoms with Crippen LogP contribution in [0.5, 0.6) is 5.75 Å². The predicted octanol–water partition coefficient (Wildman–Crippen LogP) is 5.09. The maximum absolute atomic E-state index is 12.2. The molecular weight excluding hydrogens is 406 g/mol. The maximum Gasteiger partial charge on any atom is 0.297 e. The van der Waals surface area contributed by atoms with Crippen molar-refractivity contribution in [3.8, 4) is 5.75 Å². The Morgan fingerprint density at radius 1 is 0.967 bits per heavy atom. The number of rotatable bonds is 9. The van der Waals surface area contributed by atoms with Crippen LogP contribution in [0.3, 0.4) is 0 Å². The first kappa shape index (κ1) is 23.8. The van der Waals surface area contributed by atoms with Gasteiger partial charge >= 0.3 is 0 Å². The zero-order valence-corrected chi connectivity index (χ0v) is 18.9. The van der Waals surface area contributed by atoms with Crippen LogP contribution in [0.4, 0.5) is 5.69 Å². The van der Waals surface area contributed by atoms with Crippen LogP contribution >= 0.6 is 0 Å². The van der Waals surface area contributed by atoms with Gasteiger partial charge in [-0.2, -0.15) is 8.42 Å². The zero-order valence-electron chi connectivity index (χ0n) is 18.0. The lowest BCUT2D eigenvalue weighted by Crippen LogP contribution is -2.24. The van der Waals surface area contributed by atoms with Crippen molar-refractivity contribution in [3.63, 3.8) is 0 Å². The van der Waals surface area contributed by atoms with Gasteiger partial charge in [0.15, 0.2) is 0 Å². The molecule has 7 nitrogen and oxygen atoms in total. The van der Waals surface area contributed by atoms with Gasteiger partial charge < -0.3 is 4.74 Å². The van der Waals surface area contributed by atoms with Crippen LogP contribution in [0, 0.1) is 15.5 Å². The zero-order chi connectivity index (χ0) is 22.6. The fourth-order valence-electron chi connectivity index (χ4n) is 3.55. The second-order valence-corrected chi connectivity index (χ2v) is 10.6. The number of hydrogen-bond donors (Lipinski definition) is 0. The van der Waals surface area contributed by atoms with E-state index < -0.39 is 15.0 Å². The minimum atomic E-state index is -4.10. The van der Waals surface area contributed by atoms with E-state index in [0.29, 0.717) is 5.75 Å². The normalized spacial score (nSPS) is 12.6. The lowest BCUT2D eigenvalue weighted by Gasteiger charge is -2.33. The highest BCUT2D eigenvalue weighted by molar-refractivity contribution is 7.86. The number of ether oxygens (including phenoxy) is 1. The minimum Gasteiger partial charge on any atom is -0.491 e. The molecule has 0 aliphatic heterocycles. The van der Waals surface area contributed by atoms with Gasteiger partial charge in [0.1, 0.15) is 23.9 Å². The summed E-state index contributed by atoms with van der Waals surface area (Å²) in [6, 6.07) is 12.5. The molecule has 8 heteroatoms. The first-order valence-corrected chi connectivity index (χ1v) is 11.1. The fourth-order valence-corrected chi connectivity index (χ4v) is 4.49. The van der Waals surface area contributed by atoms with E-state index in [1.165, 1.54) is 23.8 Å². The van der Waals surface area contributed by atoms with Crippen molar-refractivity contribution in [2.75, 3.05) is 13.2 Å². The largest absolute Gasteiger partial charge is 0.491 e. The topological polar surface area (TPSA) is 95.7 Å². The quantitative estimate of drug-likeness (QED) is 0.235. The standard InChI is InChI=1S/C22H29NO6S/c1-21(2,3)16-22(4,5)17-9-11-19(12-10-17)28-13-14-29-30(26,27)20-8-6-7-18(15-20)23(24)25/h6-12,15H,13-14,16H2,1-5H3. The first-order chi connectivity index (χ1) is 13.8. The molecule has 0 saturated carbocycles. The van der Waals surface area contributed by atoms with Gasteiger partial charge in [0.25, 0.3) is 15.8 Å². The van der Waals surface area contributed by atoms with Gasteiger partial charge in [-0.05, 0) is 41.0 Å². The van der Waals surface area contributed by atoms with E-state index >= 15 is 0 Å². The van der Waals surface area contributed by atoms with E-state index in [2.05, 4.69) is 34.6 Å². The van der Waals surface area contributed by atoms with E-state index in [1.54, 1.807) is 0 Å². The Labute approximate surface area is 178 Å². The number of nitro benzene ring substituents is 1. The molecule has 0 saturated heterocycles. The van der Waals surface area contributed by atoms with Crippen LogP contribution in [-0.2, 0) is 19.7 Å². The summed E-state index contributed by atoms with van der Waals surface area (Å²) in [7, 11) is -4.10. The van der Waals surface area contributed by atoms with Gasteiger partial charge in [-0.15, -0.1) is 0 Å². The Balaban J connectivity index is 1.91. The van der Waals surface area contributed by atoms with Crippen molar-refractivity contribution in [1.29, 1.82) is 0 Å². The third-order valence-electron chi connectivity index (χ3n) is 4.52. The number of hydrogen-bond acceptors (Lipinski definition) is 6. The van der Waals surface area contributed by atoms with Crippen molar-refractivity contribution >= 4 is 15.8 Å². The minimum absolute atomic E-state index is 0.0201. The average Bonchev–Trinajstić information content (AvgIpc) is 2.64. The summed E-state index contributed by atoms with van der Waals surface area (Å²) in [4.78, 5) is 9.88. The Bertz CT molecular complexity index is 975. The monoisotopic (exact) mass is 435 g/mol. The molecule has 2 aromatic rings. The Morgan fingerprint density at radius 3 is 2.17 bits per heavy atom. The number of nitrogens with zero attached hydrogens (tertiary/aromatic N) is 1. The number of nitro groups is 1. The molecule has 0 unspecified atom stereocenters. The van der Waals surface area contributed by atoms with Gasteiger partial charge in [0, 0.05) is 12.1 Å². The van der Waals surface area contributed by atoms with Crippen molar-refractivity contribution in [1.82, 2.24) is 0 Å². The molecule has 0 spiro atoms. The van der Waals surface area contributed by atoms with Crippen LogP contribution in [-0.4, -0.2) is 26.6 Å². The van der Waals surface area contributed by atoms with Crippen LogP contribution in [0.2, 0.25) is 0 Å². The van der Waals surface area contributed by atoms with Gasteiger partial charge in [-0.25, -0.2) is 0 Å². The molecule has 0 aliphatic rings. The summed E-state index contributed by atoms with van der Waals surface area (Å²) in [5, 5.41) is 10.8. The lowest BCUT2D eigenvalue weighted by atomic mass is 9.72. The Morgan fingerprint density at radius 2 is 1.60 bits per heavy atom. The van der Waals surface area contributed by atoms with Gasteiger partial charge in [-0.3, -0.25) is 14.3 Å². The van der Waals surface area contributed by atoms with Crippen LogP contribution in [0.15, 0.2) is 53.4 Å². The van der Waals surface area contributed by atoms with Crippen molar-refractivity contribution in [3.05, 3.63) is 64.2 Å². The van der Waals surface area contributed by atoms with Crippen molar-refractivity contribution in [2.24, 2.45) is 5.41 Å².